The van der Waals surface area contributed by atoms with Gasteiger partial charge in [0.25, 0.3) is 0 Å². The van der Waals surface area contributed by atoms with Gasteiger partial charge >= 0.3 is 0 Å². The van der Waals surface area contributed by atoms with E-state index in [4.69, 9.17) is 4.74 Å². The van der Waals surface area contributed by atoms with E-state index in [0.717, 1.165) is 5.75 Å². The van der Waals surface area contributed by atoms with Gasteiger partial charge in [-0.1, -0.05) is 54.6 Å². The van der Waals surface area contributed by atoms with Crippen LogP contribution in [0.15, 0.2) is 66.7 Å². The van der Waals surface area contributed by atoms with E-state index in [1.165, 1.54) is 32.3 Å². The fourth-order valence-corrected chi connectivity index (χ4v) is 3.01. The van der Waals surface area contributed by atoms with Gasteiger partial charge in [-0.2, -0.15) is 0 Å². The second-order valence-corrected chi connectivity index (χ2v) is 5.01. The van der Waals surface area contributed by atoms with Crippen molar-refractivity contribution in [3.63, 3.8) is 0 Å². The molecule has 0 amide bonds. The van der Waals surface area contributed by atoms with Crippen molar-refractivity contribution in [2.75, 3.05) is 7.11 Å². The molecule has 20 heavy (non-hydrogen) atoms. The lowest BCUT2D eigenvalue weighted by Gasteiger charge is -2.12. The summed E-state index contributed by atoms with van der Waals surface area (Å²) in [4.78, 5) is 0. The topological polar surface area (TPSA) is 9.23 Å². The SMILES string of the molecule is COc1cc2ccccc2c2c1ccc1ccccc12. The highest BCUT2D eigenvalue weighted by atomic mass is 16.5. The summed E-state index contributed by atoms with van der Waals surface area (Å²) in [5, 5.41) is 7.48. The molecule has 0 bridgehead atoms. The normalized spacial score (nSPS) is 11.2. The highest BCUT2D eigenvalue weighted by Crippen LogP contribution is 2.37. The van der Waals surface area contributed by atoms with Gasteiger partial charge in [0.1, 0.15) is 5.75 Å². The van der Waals surface area contributed by atoms with Crippen molar-refractivity contribution in [1.82, 2.24) is 0 Å². The molecular formula is C19H14O. The molecule has 0 aliphatic rings. The number of fused-ring (bicyclic) bond motifs is 5. The van der Waals surface area contributed by atoms with E-state index in [9.17, 15) is 0 Å². The van der Waals surface area contributed by atoms with Gasteiger partial charge in [0.2, 0.25) is 0 Å². The maximum atomic E-state index is 5.58. The van der Waals surface area contributed by atoms with E-state index >= 15 is 0 Å². The second kappa shape index (κ2) is 4.24. The molecule has 0 heterocycles. The minimum Gasteiger partial charge on any atom is -0.496 e. The maximum Gasteiger partial charge on any atom is 0.127 e. The molecule has 0 unspecified atom stereocenters. The first-order chi connectivity index (χ1) is 9.88. The summed E-state index contributed by atoms with van der Waals surface area (Å²) >= 11 is 0. The van der Waals surface area contributed by atoms with Crippen LogP contribution in [-0.4, -0.2) is 7.11 Å². The van der Waals surface area contributed by atoms with Crippen molar-refractivity contribution in [3.8, 4) is 5.75 Å². The molecule has 0 spiro atoms. The molecule has 0 N–H and O–H groups in total. The van der Waals surface area contributed by atoms with Gasteiger partial charge in [0.05, 0.1) is 7.11 Å². The lowest BCUT2D eigenvalue weighted by atomic mass is 9.96. The molecule has 0 aliphatic carbocycles. The molecular weight excluding hydrogens is 244 g/mol. The van der Waals surface area contributed by atoms with Gasteiger partial charge in [0, 0.05) is 10.8 Å². The van der Waals surface area contributed by atoms with E-state index in [-0.39, 0.29) is 0 Å². The molecule has 0 fully saturated rings. The molecule has 0 radical (unpaired) electrons. The Balaban J connectivity index is 2.36. The van der Waals surface area contributed by atoms with Gasteiger partial charge in [0.15, 0.2) is 0 Å². The predicted octanol–water partition coefficient (Wildman–Crippen LogP) is 5.15. The Bertz CT molecular complexity index is 922. The van der Waals surface area contributed by atoms with Crippen molar-refractivity contribution in [1.29, 1.82) is 0 Å². The van der Waals surface area contributed by atoms with Crippen molar-refractivity contribution in [2.24, 2.45) is 0 Å². The van der Waals surface area contributed by atoms with Crippen LogP contribution < -0.4 is 4.74 Å². The third-order valence-electron chi connectivity index (χ3n) is 3.93. The lowest BCUT2D eigenvalue weighted by molar-refractivity contribution is 0.420. The number of hydrogen-bond acceptors (Lipinski definition) is 1. The Morgan fingerprint density at radius 2 is 1.30 bits per heavy atom. The van der Waals surface area contributed by atoms with Gasteiger partial charge < -0.3 is 4.74 Å². The third kappa shape index (κ3) is 1.50. The third-order valence-corrected chi connectivity index (χ3v) is 3.93. The van der Waals surface area contributed by atoms with E-state index < -0.39 is 0 Å². The maximum absolute atomic E-state index is 5.58. The van der Waals surface area contributed by atoms with Crippen LogP contribution in [0.3, 0.4) is 0 Å². The van der Waals surface area contributed by atoms with Gasteiger partial charge in [-0.25, -0.2) is 0 Å². The quantitative estimate of drug-likeness (QED) is 0.429. The predicted molar refractivity (Wildman–Crippen MR) is 85.5 cm³/mol. The highest BCUT2D eigenvalue weighted by Gasteiger charge is 2.09. The van der Waals surface area contributed by atoms with E-state index in [2.05, 4.69) is 66.7 Å². The zero-order chi connectivity index (χ0) is 13.5. The molecule has 4 aromatic carbocycles. The molecule has 0 saturated heterocycles. The minimum atomic E-state index is 0.935. The van der Waals surface area contributed by atoms with Crippen molar-refractivity contribution in [3.05, 3.63) is 66.7 Å². The molecule has 4 rings (SSSR count). The van der Waals surface area contributed by atoms with Crippen LogP contribution >= 0.6 is 0 Å². The fraction of sp³-hybridized carbons (Fsp3) is 0.0526. The minimum absolute atomic E-state index is 0.935. The molecule has 0 saturated carbocycles. The highest BCUT2D eigenvalue weighted by molar-refractivity contribution is 6.21. The summed E-state index contributed by atoms with van der Waals surface area (Å²) in [5.41, 5.74) is 0. The van der Waals surface area contributed by atoms with Crippen molar-refractivity contribution in [2.45, 2.75) is 0 Å². The summed E-state index contributed by atoms with van der Waals surface area (Å²) in [6, 6.07) is 23.4. The van der Waals surface area contributed by atoms with E-state index in [1.807, 2.05) is 0 Å². The largest absolute Gasteiger partial charge is 0.496 e. The lowest BCUT2D eigenvalue weighted by Crippen LogP contribution is -1.87. The first-order valence-electron chi connectivity index (χ1n) is 6.76. The number of benzene rings is 4. The smallest absolute Gasteiger partial charge is 0.127 e. The molecule has 96 valence electrons. The van der Waals surface area contributed by atoms with Crippen LogP contribution in [0.4, 0.5) is 0 Å². The Morgan fingerprint density at radius 1 is 0.650 bits per heavy atom. The Labute approximate surface area is 117 Å². The van der Waals surface area contributed by atoms with Crippen LogP contribution in [-0.2, 0) is 0 Å². The molecule has 4 aromatic rings. The van der Waals surface area contributed by atoms with Crippen LogP contribution in [0, 0.1) is 0 Å². The average molecular weight is 258 g/mol. The number of hydrogen-bond donors (Lipinski definition) is 0. The summed E-state index contributed by atoms with van der Waals surface area (Å²) < 4.78 is 5.58. The van der Waals surface area contributed by atoms with Crippen molar-refractivity contribution >= 4 is 32.3 Å². The number of rotatable bonds is 1. The van der Waals surface area contributed by atoms with Gasteiger partial charge in [-0.15, -0.1) is 0 Å². The monoisotopic (exact) mass is 258 g/mol. The molecule has 1 nitrogen and oxygen atoms in total. The standard InChI is InChI=1S/C19H14O/c1-20-18-12-14-7-3-5-9-16(14)19-15-8-4-2-6-13(15)10-11-17(18)19/h2-12H,1H3. The Kier molecular flexibility index (Phi) is 2.40. The van der Waals surface area contributed by atoms with Crippen LogP contribution in [0.1, 0.15) is 0 Å². The molecule has 0 atom stereocenters. The molecule has 0 aliphatic heterocycles. The molecule has 0 aromatic heterocycles. The van der Waals surface area contributed by atoms with E-state index in [1.54, 1.807) is 7.11 Å². The van der Waals surface area contributed by atoms with E-state index in [0.29, 0.717) is 0 Å². The Hall–Kier alpha value is -2.54. The summed E-state index contributed by atoms with van der Waals surface area (Å²) in [7, 11) is 1.73. The zero-order valence-electron chi connectivity index (χ0n) is 11.3. The van der Waals surface area contributed by atoms with Crippen LogP contribution in [0.5, 0.6) is 5.75 Å². The Morgan fingerprint density at radius 3 is 2.05 bits per heavy atom. The second-order valence-electron chi connectivity index (χ2n) is 5.01. The average Bonchev–Trinajstić information content (AvgIpc) is 2.53. The number of ether oxygens (including phenoxy) is 1. The van der Waals surface area contributed by atoms with Gasteiger partial charge in [-0.05, 0) is 33.7 Å². The summed E-state index contributed by atoms with van der Waals surface area (Å²) in [6.45, 7) is 0. The van der Waals surface area contributed by atoms with Crippen LogP contribution in [0.2, 0.25) is 0 Å². The number of methoxy groups -OCH3 is 1. The van der Waals surface area contributed by atoms with Crippen molar-refractivity contribution < 1.29 is 4.74 Å². The molecule has 1 heteroatoms. The first kappa shape index (κ1) is 11.3. The zero-order valence-corrected chi connectivity index (χ0v) is 11.3. The fourth-order valence-electron chi connectivity index (χ4n) is 3.01. The first-order valence-corrected chi connectivity index (χ1v) is 6.76. The summed E-state index contributed by atoms with van der Waals surface area (Å²) in [6.07, 6.45) is 0. The van der Waals surface area contributed by atoms with Crippen LogP contribution in [0.25, 0.3) is 32.3 Å². The van der Waals surface area contributed by atoms with Gasteiger partial charge in [-0.3, -0.25) is 0 Å². The summed E-state index contributed by atoms with van der Waals surface area (Å²) in [5.74, 6) is 0.935.